The van der Waals surface area contributed by atoms with Gasteiger partial charge in [-0.05, 0) is 25.7 Å². The highest BCUT2D eigenvalue weighted by atomic mass is 16.2. The van der Waals surface area contributed by atoms with Crippen LogP contribution in [0.4, 0.5) is 0 Å². The molecule has 0 heterocycles. The Hall–Kier alpha value is -0.530. The van der Waals surface area contributed by atoms with Gasteiger partial charge in [-0.3, -0.25) is 4.79 Å². The van der Waals surface area contributed by atoms with Gasteiger partial charge >= 0.3 is 0 Å². The molecule has 0 aliphatic heterocycles. The molecular weight excluding hydrogens is 222 g/mol. The topological polar surface area (TPSA) is 20.3 Å². The first-order chi connectivity index (χ1) is 8.71. The quantitative estimate of drug-likeness (QED) is 0.493. The molecule has 0 rings (SSSR count). The minimum atomic E-state index is 0.244. The molecule has 0 unspecified atom stereocenters. The van der Waals surface area contributed by atoms with E-state index >= 15 is 0 Å². The Morgan fingerprint density at radius 2 is 1.28 bits per heavy atom. The van der Waals surface area contributed by atoms with Crippen LogP contribution >= 0.6 is 0 Å². The molecule has 0 bridgehead atoms. The van der Waals surface area contributed by atoms with Crippen molar-refractivity contribution in [1.82, 2.24) is 4.90 Å². The first kappa shape index (κ1) is 17.5. The highest BCUT2D eigenvalue weighted by Gasteiger charge is 2.20. The van der Waals surface area contributed by atoms with E-state index in [2.05, 4.69) is 32.6 Å². The highest BCUT2D eigenvalue weighted by molar-refractivity contribution is 5.78. The molecule has 0 radical (unpaired) electrons. The smallest absolute Gasteiger partial charge is 0.225 e. The van der Waals surface area contributed by atoms with Gasteiger partial charge in [0.15, 0.2) is 0 Å². The van der Waals surface area contributed by atoms with Crippen LogP contribution in [0.5, 0.6) is 0 Å². The normalized spacial score (nSPS) is 10.9. The monoisotopic (exact) mass is 255 g/mol. The molecule has 108 valence electrons. The predicted molar refractivity (Wildman–Crippen MR) is 79.7 cm³/mol. The molecule has 18 heavy (non-hydrogen) atoms. The summed E-state index contributed by atoms with van der Waals surface area (Å²) >= 11 is 0. The molecule has 0 saturated carbocycles. The van der Waals surface area contributed by atoms with E-state index in [1.807, 2.05) is 0 Å². The van der Waals surface area contributed by atoms with Gasteiger partial charge in [0.05, 0.1) is 0 Å². The number of nitrogens with zero attached hydrogens (tertiary/aromatic N) is 1. The van der Waals surface area contributed by atoms with Crippen LogP contribution in [0.2, 0.25) is 0 Å². The molecule has 0 fully saturated rings. The molecule has 0 saturated heterocycles. The van der Waals surface area contributed by atoms with E-state index in [1.54, 1.807) is 0 Å². The zero-order valence-corrected chi connectivity index (χ0v) is 13.0. The van der Waals surface area contributed by atoms with Gasteiger partial charge < -0.3 is 4.90 Å². The number of hydrogen-bond donors (Lipinski definition) is 0. The maximum absolute atomic E-state index is 12.4. The minimum Gasteiger partial charge on any atom is -0.342 e. The first-order valence-electron chi connectivity index (χ1n) is 7.99. The number of amides is 1. The Labute approximate surface area is 114 Å². The van der Waals surface area contributed by atoms with E-state index < -0.39 is 0 Å². The Morgan fingerprint density at radius 3 is 1.61 bits per heavy atom. The average Bonchev–Trinajstić information content (AvgIpc) is 2.38. The van der Waals surface area contributed by atoms with E-state index in [4.69, 9.17) is 0 Å². The molecule has 0 aliphatic rings. The maximum atomic E-state index is 12.4. The van der Waals surface area contributed by atoms with Crippen molar-refractivity contribution >= 4 is 5.91 Å². The molecule has 0 aromatic carbocycles. The second-order valence-electron chi connectivity index (χ2n) is 5.25. The van der Waals surface area contributed by atoms with E-state index in [0.717, 1.165) is 38.8 Å². The third kappa shape index (κ3) is 7.03. The fraction of sp³-hybridized carbons (Fsp3) is 0.938. The van der Waals surface area contributed by atoms with Crippen LogP contribution in [-0.2, 0) is 4.79 Å². The summed E-state index contributed by atoms with van der Waals surface area (Å²) < 4.78 is 0. The molecule has 0 aliphatic carbocycles. The molecule has 0 aromatic heterocycles. The largest absolute Gasteiger partial charge is 0.342 e. The summed E-state index contributed by atoms with van der Waals surface area (Å²) in [6, 6.07) is 0. The Morgan fingerprint density at radius 1 is 0.833 bits per heavy atom. The zero-order chi connectivity index (χ0) is 13.8. The lowest BCUT2D eigenvalue weighted by Gasteiger charge is -2.26. The fourth-order valence-electron chi connectivity index (χ4n) is 2.33. The molecule has 0 aromatic rings. The number of hydrogen-bond acceptors (Lipinski definition) is 1. The third-order valence-corrected chi connectivity index (χ3v) is 3.71. The first-order valence-corrected chi connectivity index (χ1v) is 7.99. The van der Waals surface area contributed by atoms with Crippen LogP contribution in [0.1, 0.15) is 79.1 Å². The second kappa shape index (κ2) is 11.6. The Balaban J connectivity index is 4.27. The van der Waals surface area contributed by atoms with Gasteiger partial charge in [-0.25, -0.2) is 0 Å². The maximum Gasteiger partial charge on any atom is 0.225 e. The van der Waals surface area contributed by atoms with Gasteiger partial charge in [-0.15, -0.1) is 0 Å². The van der Waals surface area contributed by atoms with Crippen molar-refractivity contribution in [2.24, 2.45) is 5.92 Å². The summed E-state index contributed by atoms with van der Waals surface area (Å²) in [7, 11) is 0. The van der Waals surface area contributed by atoms with Crippen LogP contribution in [0.25, 0.3) is 0 Å². The summed E-state index contributed by atoms with van der Waals surface area (Å²) in [5.74, 6) is 0.639. The van der Waals surface area contributed by atoms with Gasteiger partial charge in [-0.2, -0.15) is 0 Å². The Kier molecular flexibility index (Phi) is 11.2. The summed E-state index contributed by atoms with van der Waals surface area (Å²) in [4.78, 5) is 14.5. The van der Waals surface area contributed by atoms with Crippen LogP contribution in [0.3, 0.4) is 0 Å². The number of unbranched alkanes of at least 4 members (excludes halogenated alkanes) is 4. The summed E-state index contributed by atoms with van der Waals surface area (Å²) in [5, 5.41) is 0. The lowest BCUT2D eigenvalue weighted by Crippen LogP contribution is -2.37. The predicted octanol–water partition coefficient (Wildman–Crippen LogP) is 4.63. The fourth-order valence-corrected chi connectivity index (χ4v) is 2.33. The molecule has 0 atom stereocenters. The van der Waals surface area contributed by atoms with E-state index in [-0.39, 0.29) is 5.92 Å². The van der Waals surface area contributed by atoms with Gasteiger partial charge in [0.1, 0.15) is 0 Å². The number of carbonyl (C=O) groups excluding carboxylic acids is 1. The summed E-state index contributed by atoms with van der Waals surface area (Å²) in [6.45, 7) is 10.6. The molecule has 2 nitrogen and oxygen atoms in total. The minimum absolute atomic E-state index is 0.244. The number of carbonyl (C=O) groups is 1. The zero-order valence-electron chi connectivity index (χ0n) is 13.0. The van der Waals surface area contributed by atoms with E-state index in [9.17, 15) is 4.79 Å². The van der Waals surface area contributed by atoms with Gasteiger partial charge in [0, 0.05) is 19.0 Å². The highest BCUT2D eigenvalue weighted by Crippen LogP contribution is 2.14. The van der Waals surface area contributed by atoms with Crippen molar-refractivity contribution in [1.29, 1.82) is 0 Å². The van der Waals surface area contributed by atoms with Crippen LogP contribution in [0, 0.1) is 5.92 Å². The number of rotatable bonds is 11. The van der Waals surface area contributed by atoms with Gasteiger partial charge in [-0.1, -0.05) is 53.4 Å². The van der Waals surface area contributed by atoms with Gasteiger partial charge in [0.2, 0.25) is 5.91 Å². The summed E-state index contributed by atoms with van der Waals surface area (Å²) in [6.07, 6.45) is 9.20. The van der Waals surface area contributed by atoms with Crippen molar-refractivity contribution < 1.29 is 4.79 Å². The SMILES string of the molecule is CCCCCN(CCCCC)C(=O)C(CC)CC. The third-order valence-electron chi connectivity index (χ3n) is 3.71. The van der Waals surface area contributed by atoms with Crippen molar-refractivity contribution in [3.05, 3.63) is 0 Å². The molecule has 0 N–H and O–H groups in total. The average molecular weight is 255 g/mol. The lowest BCUT2D eigenvalue weighted by molar-refractivity contribution is -0.136. The Bertz CT molecular complexity index is 189. The molecule has 2 heteroatoms. The van der Waals surface area contributed by atoms with Crippen molar-refractivity contribution in [3.8, 4) is 0 Å². The molecule has 1 amide bonds. The molecular formula is C16H33NO. The van der Waals surface area contributed by atoms with E-state index in [1.165, 1.54) is 25.7 Å². The van der Waals surface area contributed by atoms with Gasteiger partial charge in [0.25, 0.3) is 0 Å². The van der Waals surface area contributed by atoms with Crippen LogP contribution < -0.4 is 0 Å². The van der Waals surface area contributed by atoms with E-state index in [0.29, 0.717) is 5.91 Å². The summed E-state index contributed by atoms with van der Waals surface area (Å²) in [5.41, 5.74) is 0. The molecule has 0 spiro atoms. The lowest BCUT2D eigenvalue weighted by atomic mass is 10.0. The van der Waals surface area contributed by atoms with Crippen LogP contribution in [0.15, 0.2) is 0 Å². The second-order valence-corrected chi connectivity index (χ2v) is 5.25. The van der Waals surface area contributed by atoms with Crippen molar-refractivity contribution in [2.75, 3.05) is 13.1 Å². The van der Waals surface area contributed by atoms with Crippen molar-refractivity contribution in [3.63, 3.8) is 0 Å². The standard InChI is InChI=1S/C16H33NO/c1-5-9-11-13-17(14-12-10-6-2)16(18)15(7-3)8-4/h15H,5-14H2,1-4H3. The van der Waals surface area contributed by atoms with Crippen molar-refractivity contribution in [2.45, 2.75) is 79.1 Å². The van der Waals surface area contributed by atoms with Crippen LogP contribution in [-0.4, -0.2) is 23.9 Å².